The molecule has 1 aromatic rings. The summed E-state index contributed by atoms with van der Waals surface area (Å²) < 4.78 is 20.9. The van der Waals surface area contributed by atoms with Crippen LogP contribution in [0.3, 0.4) is 0 Å². The average Bonchev–Trinajstić information content (AvgIpc) is 2.41. The lowest BCUT2D eigenvalue weighted by Crippen LogP contribution is -2.04. The zero-order valence-electron chi connectivity index (χ0n) is 10.8. The summed E-state index contributed by atoms with van der Waals surface area (Å²) in [5.74, 6) is 2.09. The minimum atomic E-state index is 0.202. The van der Waals surface area contributed by atoms with Gasteiger partial charge in [0.05, 0.1) is 4.90 Å². The average molecular weight is 290 g/mol. The number of ether oxygens (including phenoxy) is 4. The lowest BCUT2D eigenvalue weighted by molar-refractivity contribution is 0.0421. The Morgan fingerprint density at radius 1 is 1.06 bits per heavy atom. The lowest BCUT2D eigenvalue weighted by atomic mass is 10.2. The molecule has 0 aliphatic rings. The molecule has 0 radical (unpaired) electrons. The van der Waals surface area contributed by atoms with Crippen molar-refractivity contribution in [2.45, 2.75) is 10.6 Å². The maximum Gasteiger partial charge on any atom is 0.188 e. The van der Waals surface area contributed by atoms with Crippen molar-refractivity contribution in [3.63, 3.8) is 0 Å². The highest BCUT2D eigenvalue weighted by molar-refractivity contribution is 7.98. The van der Waals surface area contributed by atoms with Gasteiger partial charge >= 0.3 is 0 Å². The fourth-order valence-electron chi connectivity index (χ4n) is 1.38. The highest BCUT2D eigenvalue weighted by Gasteiger charge is 2.12. The highest BCUT2D eigenvalue weighted by Crippen LogP contribution is 2.38. The third kappa shape index (κ3) is 4.28. The first-order chi connectivity index (χ1) is 8.76. The summed E-state index contributed by atoms with van der Waals surface area (Å²) in [7, 11) is 3.17. The molecule has 1 aromatic carbocycles. The maximum absolute atomic E-state index is 5.54. The van der Waals surface area contributed by atoms with E-state index in [0.29, 0.717) is 5.75 Å². The Morgan fingerprint density at radius 2 is 1.56 bits per heavy atom. The summed E-state index contributed by atoms with van der Waals surface area (Å²) in [6, 6.07) is 3.88. The first-order valence-corrected chi connectivity index (χ1v) is 7.17. The van der Waals surface area contributed by atoms with Crippen molar-refractivity contribution in [2.24, 2.45) is 0 Å². The van der Waals surface area contributed by atoms with E-state index >= 15 is 0 Å². The molecule has 18 heavy (non-hydrogen) atoms. The van der Waals surface area contributed by atoms with Gasteiger partial charge in [0.2, 0.25) is 0 Å². The van der Waals surface area contributed by atoms with Crippen molar-refractivity contribution in [3.8, 4) is 11.5 Å². The van der Waals surface area contributed by atoms with E-state index in [1.165, 1.54) is 0 Å². The quantitative estimate of drug-likeness (QED) is 0.453. The van der Waals surface area contributed by atoms with Crippen LogP contribution in [0.25, 0.3) is 0 Å². The van der Waals surface area contributed by atoms with Crippen molar-refractivity contribution < 1.29 is 18.9 Å². The normalized spacial score (nSPS) is 10.4. The van der Waals surface area contributed by atoms with Gasteiger partial charge in [0.1, 0.15) is 11.5 Å². The molecular formula is C12H18O4S2. The van der Waals surface area contributed by atoms with E-state index in [9.17, 15) is 0 Å². The molecule has 0 fully saturated rings. The van der Waals surface area contributed by atoms with E-state index in [1.54, 1.807) is 26.0 Å². The van der Waals surface area contributed by atoms with E-state index in [0.717, 1.165) is 22.0 Å². The van der Waals surface area contributed by atoms with Crippen LogP contribution in [0, 0.1) is 0 Å². The minimum Gasteiger partial charge on any atom is -0.466 e. The van der Waals surface area contributed by atoms with Crippen LogP contribution < -0.4 is 9.47 Å². The van der Waals surface area contributed by atoms with Gasteiger partial charge < -0.3 is 18.9 Å². The van der Waals surface area contributed by atoms with Crippen molar-refractivity contribution in [2.75, 3.05) is 34.1 Å². The van der Waals surface area contributed by atoms with Crippen molar-refractivity contribution in [1.82, 2.24) is 0 Å². The summed E-state index contributed by atoms with van der Waals surface area (Å²) in [4.78, 5) is 0.926. The Labute approximate surface area is 117 Å². The van der Waals surface area contributed by atoms with Crippen LogP contribution in [-0.4, -0.2) is 34.1 Å². The molecule has 0 bridgehead atoms. The molecule has 0 atom stereocenters. The predicted molar refractivity (Wildman–Crippen MR) is 75.9 cm³/mol. The standard InChI is InChI=1S/C12H18O4S2/c1-13-7-15-10-4-9(6-17)5-11(12(10)18-3)16-8-14-2/h4-5,17H,6-8H2,1-3H3. The number of methoxy groups -OCH3 is 2. The largest absolute Gasteiger partial charge is 0.466 e. The Kier molecular flexibility index (Phi) is 7.34. The Morgan fingerprint density at radius 3 is 1.89 bits per heavy atom. The third-order valence-electron chi connectivity index (χ3n) is 2.13. The van der Waals surface area contributed by atoms with Crippen molar-refractivity contribution in [3.05, 3.63) is 17.7 Å². The second kappa shape index (κ2) is 8.53. The molecule has 0 unspecified atom stereocenters. The van der Waals surface area contributed by atoms with Crippen molar-refractivity contribution >= 4 is 24.4 Å². The first-order valence-electron chi connectivity index (χ1n) is 5.32. The topological polar surface area (TPSA) is 36.9 Å². The zero-order chi connectivity index (χ0) is 13.4. The summed E-state index contributed by atoms with van der Waals surface area (Å²) >= 11 is 5.83. The van der Waals surface area contributed by atoms with Gasteiger partial charge in [0.25, 0.3) is 0 Å². The predicted octanol–water partition coefficient (Wildman–Crippen LogP) is 2.80. The number of thioether (sulfide) groups is 1. The van der Waals surface area contributed by atoms with Crippen molar-refractivity contribution in [1.29, 1.82) is 0 Å². The van der Waals surface area contributed by atoms with Gasteiger partial charge in [-0.25, -0.2) is 0 Å². The number of benzene rings is 1. The Balaban J connectivity index is 3.04. The van der Waals surface area contributed by atoms with Crippen LogP contribution in [0.5, 0.6) is 11.5 Å². The molecule has 6 heteroatoms. The van der Waals surface area contributed by atoms with Crippen LogP contribution in [-0.2, 0) is 15.2 Å². The lowest BCUT2D eigenvalue weighted by Gasteiger charge is -2.15. The van der Waals surface area contributed by atoms with Crippen LogP contribution in [0.1, 0.15) is 5.56 Å². The van der Waals surface area contributed by atoms with Crippen LogP contribution in [0.15, 0.2) is 17.0 Å². The highest BCUT2D eigenvalue weighted by atomic mass is 32.2. The van der Waals surface area contributed by atoms with Gasteiger partial charge in [-0.05, 0) is 24.0 Å². The Hall–Kier alpha value is -0.560. The Bertz CT molecular complexity index is 342. The zero-order valence-corrected chi connectivity index (χ0v) is 12.5. The molecule has 0 aliphatic carbocycles. The van der Waals surface area contributed by atoms with E-state index in [2.05, 4.69) is 12.6 Å². The molecule has 0 spiro atoms. The smallest absolute Gasteiger partial charge is 0.188 e. The summed E-state index contributed by atoms with van der Waals surface area (Å²) in [6.45, 7) is 0.403. The molecule has 0 N–H and O–H groups in total. The second-order valence-corrected chi connectivity index (χ2v) is 4.52. The molecule has 102 valence electrons. The summed E-state index contributed by atoms with van der Waals surface area (Å²) in [6.07, 6.45) is 1.97. The number of hydrogen-bond donors (Lipinski definition) is 1. The van der Waals surface area contributed by atoms with E-state index in [-0.39, 0.29) is 13.6 Å². The fraction of sp³-hybridized carbons (Fsp3) is 0.500. The van der Waals surface area contributed by atoms with E-state index in [1.807, 2.05) is 18.4 Å². The van der Waals surface area contributed by atoms with Crippen LogP contribution >= 0.6 is 24.4 Å². The molecule has 0 amide bonds. The molecule has 1 rings (SSSR count). The SMILES string of the molecule is COCOc1cc(CS)cc(OCOC)c1SC. The minimum absolute atomic E-state index is 0.202. The third-order valence-corrected chi connectivity index (χ3v) is 3.31. The molecule has 0 saturated carbocycles. The van der Waals surface area contributed by atoms with Gasteiger partial charge in [0.15, 0.2) is 13.6 Å². The van der Waals surface area contributed by atoms with E-state index < -0.39 is 0 Å². The van der Waals surface area contributed by atoms with Gasteiger partial charge in [-0.2, -0.15) is 12.6 Å². The second-order valence-electron chi connectivity index (χ2n) is 3.39. The van der Waals surface area contributed by atoms with E-state index in [4.69, 9.17) is 18.9 Å². The summed E-state index contributed by atoms with van der Waals surface area (Å²) in [5.41, 5.74) is 1.02. The number of hydrogen-bond acceptors (Lipinski definition) is 6. The molecule has 0 heterocycles. The van der Waals surface area contributed by atoms with Crippen LogP contribution in [0.4, 0.5) is 0 Å². The number of thiol groups is 1. The molecule has 0 aromatic heterocycles. The van der Waals surface area contributed by atoms with Gasteiger partial charge in [-0.15, -0.1) is 11.8 Å². The number of rotatable bonds is 8. The molecule has 0 aliphatic heterocycles. The summed E-state index contributed by atoms with van der Waals surface area (Å²) in [5, 5.41) is 0. The molecule has 4 nitrogen and oxygen atoms in total. The molecular weight excluding hydrogens is 272 g/mol. The molecule has 0 saturated heterocycles. The van der Waals surface area contributed by atoms with Crippen LogP contribution in [0.2, 0.25) is 0 Å². The first kappa shape index (κ1) is 15.5. The van der Waals surface area contributed by atoms with Gasteiger partial charge in [-0.3, -0.25) is 0 Å². The fourth-order valence-corrected chi connectivity index (χ4v) is 2.20. The monoisotopic (exact) mass is 290 g/mol. The maximum atomic E-state index is 5.54. The van der Waals surface area contributed by atoms with Gasteiger partial charge in [-0.1, -0.05) is 0 Å². The van der Waals surface area contributed by atoms with Gasteiger partial charge in [0, 0.05) is 20.0 Å².